The van der Waals surface area contributed by atoms with Crippen LogP contribution in [-0.4, -0.2) is 15.7 Å². The van der Waals surface area contributed by atoms with Crippen molar-refractivity contribution in [2.45, 2.75) is 33.2 Å². The molecule has 1 aromatic heterocycles. The molecule has 0 bridgehead atoms. The number of halogens is 5. The number of hydrogen-bond donors (Lipinski definition) is 1. The summed E-state index contributed by atoms with van der Waals surface area (Å²) in [6.45, 7) is 3.04. The van der Waals surface area contributed by atoms with E-state index in [9.17, 15) is 26.7 Å². The highest BCUT2D eigenvalue weighted by molar-refractivity contribution is 5.91. The summed E-state index contributed by atoms with van der Waals surface area (Å²) in [5.41, 5.74) is -1.00. The van der Waals surface area contributed by atoms with Crippen molar-refractivity contribution in [3.05, 3.63) is 46.9 Å². The van der Waals surface area contributed by atoms with E-state index in [1.54, 1.807) is 0 Å². The van der Waals surface area contributed by atoms with Crippen LogP contribution < -0.4 is 5.32 Å². The molecular formula is C16H16F5N3O. The first kappa shape index (κ1) is 18.9. The minimum atomic E-state index is -2.21. The molecule has 0 aliphatic carbocycles. The molecule has 2 rings (SSSR count). The molecule has 0 radical (unpaired) electrons. The van der Waals surface area contributed by atoms with Gasteiger partial charge in [0.25, 0.3) is 0 Å². The number of carbonyl (C=O) groups is 1. The zero-order valence-electron chi connectivity index (χ0n) is 13.5. The fourth-order valence-corrected chi connectivity index (χ4v) is 2.36. The largest absolute Gasteiger partial charge is 0.309 e. The third-order valence-corrected chi connectivity index (χ3v) is 3.87. The summed E-state index contributed by atoms with van der Waals surface area (Å²) in [5, 5.41) is 6.42. The number of benzene rings is 1. The van der Waals surface area contributed by atoms with Crippen LogP contribution in [0.4, 0.5) is 27.8 Å². The summed E-state index contributed by atoms with van der Waals surface area (Å²) in [6, 6.07) is 1.37. The molecule has 0 aliphatic heterocycles. The Morgan fingerprint density at radius 1 is 1.04 bits per heavy atom. The lowest BCUT2D eigenvalue weighted by molar-refractivity contribution is -0.120. The summed E-state index contributed by atoms with van der Waals surface area (Å²) < 4.78 is 67.7. The summed E-state index contributed by atoms with van der Waals surface area (Å²) in [6.07, 6.45) is 2.53. The Kier molecular flexibility index (Phi) is 5.76. The van der Waals surface area contributed by atoms with E-state index < -0.39 is 41.2 Å². The topological polar surface area (TPSA) is 46.9 Å². The molecule has 0 saturated heterocycles. The number of nitrogens with zero attached hydrogens (tertiary/aromatic N) is 2. The second kappa shape index (κ2) is 7.62. The van der Waals surface area contributed by atoms with Crippen molar-refractivity contribution in [2.24, 2.45) is 5.92 Å². The summed E-state index contributed by atoms with van der Waals surface area (Å²) in [7, 11) is 0. The molecule has 4 nitrogen and oxygen atoms in total. The summed E-state index contributed by atoms with van der Waals surface area (Å²) >= 11 is 0. The molecule has 0 saturated carbocycles. The number of hydrogen-bond acceptors (Lipinski definition) is 2. The van der Waals surface area contributed by atoms with Crippen LogP contribution in [-0.2, 0) is 11.3 Å². The van der Waals surface area contributed by atoms with Crippen LogP contribution in [0.1, 0.15) is 32.3 Å². The fraction of sp³-hybridized carbons (Fsp3) is 0.375. The number of carbonyl (C=O) groups excluding carboxylic acids is 1. The lowest BCUT2D eigenvalue weighted by Gasteiger charge is -2.11. The maximum atomic E-state index is 13.7. The van der Waals surface area contributed by atoms with Crippen molar-refractivity contribution in [3.8, 4) is 0 Å². The molecule has 136 valence electrons. The van der Waals surface area contributed by atoms with Gasteiger partial charge in [-0.15, -0.1) is 0 Å². The standard InChI is InChI=1S/C16H16F5N3O/c1-3-8(4-2)16(25)22-10-5-6-24(23-10)7-9-11(17)13(19)15(21)14(20)12(9)18/h5-6,8H,3-4,7H2,1-2H3,(H,22,23,25). The second-order valence-corrected chi connectivity index (χ2v) is 5.45. The van der Waals surface area contributed by atoms with Gasteiger partial charge in [0.2, 0.25) is 11.7 Å². The maximum absolute atomic E-state index is 13.7. The quantitative estimate of drug-likeness (QED) is 0.480. The van der Waals surface area contributed by atoms with Crippen LogP contribution in [0.25, 0.3) is 0 Å². The molecule has 0 atom stereocenters. The first-order chi connectivity index (χ1) is 11.8. The zero-order chi connectivity index (χ0) is 18.7. The predicted octanol–water partition coefficient (Wildman–Crippen LogP) is 4.00. The molecule has 2 aromatic rings. The van der Waals surface area contributed by atoms with Gasteiger partial charge >= 0.3 is 0 Å². The van der Waals surface area contributed by atoms with Gasteiger partial charge in [0.1, 0.15) is 0 Å². The van der Waals surface area contributed by atoms with Crippen LogP contribution in [0, 0.1) is 35.0 Å². The van der Waals surface area contributed by atoms with Crippen molar-refractivity contribution in [1.82, 2.24) is 9.78 Å². The Morgan fingerprint density at radius 3 is 2.08 bits per heavy atom. The first-order valence-corrected chi connectivity index (χ1v) is 7.64. The van der Waals surface area contributed by atoms with Gasteiger partial charge in [-0.1, -0.05) is 13.8 Å². The highest BCUT2D eigenvalue weighted by Crippen LogP contribution is 2.24. The van der Waals surface area contributed by atoms with Crippen molar-refractivity contribution in [3.63, 3.8) is 0 Å². The van der Waals surface area contributed by atoms with Gasteiger partial charge in [-0.2, -0.15) is 5.10 Å². The minimum absolute atomic E-state index is 0.126. The van der Waals surface area contributed by atoms with E-state index in [1.165, 1.54) is 12.3 Å². The Bertz CT molecular complexity index is 757. The van der Waals surface area contributed by atoms with Crippen LogP contribution >= 0.6 is 0 Å². The summed E-state index contributed by atoms with van der Waals surface area (Å²) in [4.78, 5) is 12.0. The molecular weight excluding hydrogens is 345 g/mol. The summed E-state index contributed by atoms with van der Waals surface area (Å²) in [5.74, 6) is -10.4. The van der Waals surface area contributed by atoms with Crippen LogP contribution in [0.2, 0.25) is 0 Å². The van der Waals surface area contributed by atoms with Gasteiger partial charge in [-0.3, -0.25) is 9.48 Å². The molecule has 1 N–H and O–H groups in total. The van der Waals surface area contributed by atoms with Gasteiger partial charge in [-0.25, -0.2) is 22.0 Å². The maximum Gasteiger partial charge on any atom is 0.228 e. The van der Waals surface area contributed by atoms with Crippen LogP contribution in [0.5, 0.6) is 0 Å². The number of amides is 1. The Labute approximate surface area is 140 Å². The van der Waals surface area contributed by atoms with Gasteiger partial charge in [0.15, 0.2) is 29.1 Å². The Balaban J connectivity index is 2.21. The number of aromatic nitrogens is 2. The predicted molar refractivity (Wildman–Crippen MR) is 80.3 cm³/mol. The molecule has 1 heterocycles. The average Bonchev–Trinajstić information content (AvgIpc) is 3.03. The zero-order valence-corrected chi connectivity index (χ0v) is 13.5. The number of nitrogens with one attached hydrogen (secondary N) is 1. The molecule has 0 spiro atoms. The van der Waals surface area contributed by atoms with E-state index in [0.717, 1.165) is 4.68 Å². The number of rotatable bonds is 6. The van der Waals surface area contributed by atoms with Gasteiger partial charge in [-0.05, 0) is 12.8 Å². The van der Waals surface area contributed by atoms with Crippen molar-refractivity contribution in [2.75, 3.05) is 5.32 Å². The SMILES string of the molecule is CCC(CC)C(=O)Nc1ccn(Cc2c(F)c(F)c(F)c(F)c2F)n1. The molecule has 0 unspecified atom stereocenters. The van der Waals surface area contributed by atoms with Gasteiger partial charge < -0.3 is 5.32 Å². The van der Waals surface area contributed by atoms with Crippen molar-refractivity contribution >= 4 is 11.7 Å². The monoisotopic (exact) mass is 361 g/mol. The van der Waals surface area contributed by atoms with Crippen LogP contribution in [0.3, 0.4) is 0 Å². The molecule has 1 amide bonds. The normalized spacial score (nSPS) is 11.2. The molecule has 0 fully saturated rings. The average molecular weight is 361 g/mol. The van der Waals surface area contributed by atoms with E-state index in [1.807, 2.05) is 13.8 Å². The van der Waals surface area contributed by atoms with E-state index >= 15 is 0 Å². The Morgan fingerprint density at radius 2 is 1.56 bits per heavy atom. The minimum Gasteiger partial charge on any atom is -0.309 e. The van der Waals surface area contributed by atoms with Crippen molar-refractivity contribution in [1.29, 1.82) is 0 Å². The lowest BCUT2D eigenvalue weighted by atomic mass is 10.0. The third kappa shape index (κ3) is 3.80. The van der Waals surface area contributed by atoms with E-state index in [4.69, 9.17) is 0 Å². The molecule has 9 heteroatoms. The van der Waals surface area contributed by atoms with Gasteiger partial charge in [0.05, 0.1) is 12.1 Å². The Hall–Kier alpha value is -2.45. The van der Waals surface area contributed by atoms with E-state index in [-0.39, 0.29) is 17.6 Å². The van der Waals surface area contributed by atoms with E-state index in [0.29, 0.717) is 12.8 Å². The van der Waals surface area contributed by atoms with E-state index in [2.05, 4.69) is 10.4 Å². The first-order valence-electron chi connectivity index (χ1n) is 7.64. The van der Waals surface area contributed by atoms with Crippen molar-refractivity contribution < 1.29 is 26.7 Å². The smallest absolute Gasteiger partial charge is 0.228 e. The highest BCUT2D eigenvalue weighted by atomic mass is 19.2. The number of anilines is 1. The van der Waals surface area contributed by atoms with Gasteiger partial charge in [0, 0.05) is 18.2 Å². The second-order valence-electron chi connectivity index (χ2n) is 5.45. The van der Waals surface area contributed by atoms with Crippen LogP contribution in [0.15, 0.2) is 12.3 Å². The molecule has 25 heavy (non-hydrogen) atoms. The molecule has 0 aliphatic rings. The lowest BCUT2D eigenvalue weighted by Crippen LogP contribution is -2.22. The third-order valence-electron chi connectivity index (χ3n) is 3.87. The highest BCUT2D eigenvalue weighted by Gasteiger charge is 2.26. The molecule has 1 aromatic carbocycles. The fourth-order valence-electron chi connectivity index (χ4n) is 2.36.